The smallest absolute Gasteiger partial charge is 0.340 e. The van der Waals surface area contributed by atoms with E-state index in [1.54, 1.807) is 42.5 Å². The predicted molar refractivity (Wildman–Crippen MR) is 96.4 cm³/mol. The first-order valence-corrected chi connectivity index (χ1v) is 9.43. The zero-order chi connectivity index (χ0) is 17.7. The van der Waals surface area contributed by atoms with E-state index in [0.29, 0.717) is 10.6 Å². The van der Waals surface area contributed by atoms with Crippen LogP contribution >= 0.6 is 15.9 Å². The summed E-state index contributed by atoms with van der Waals surface area (Å²) >= 11 is 3.31. The number of carbonyl (C=O) groups excluding carboxylic acids is 2. The summed E-state index contributed by atoms with van der Waals surface area (Å²) in [6, 6.07) is 13.5. The third kappa shape index (κ3) is 4.75. The Morgan fingerprint density at radius 2 is 1.75 bits per heavy atom. The molecule has 2 aromatic carbocycles. The van der Waals surface area contributed by atoms with Gasteiger partial charge >= 0.3 is 5.97 Å². The van der Waals surface area contributed by atoms with Gasteiger partial charge < -0.3 is 10.1 Å². The molecule has 0 fully saturated rings. The Labute approximate surface area is 151 Å². The van der Waals surface area contributed by atoms with Crippen molar-refractivity contribution >= 4 is 44.3 Å². The summed E-state index contributed by atoms with van der Waals surface area (Å²) in [6.07, 6.45) is 0.495. The largest absolute Gasteiger partial charge is 0.449 e. The highest BCUT2D eigenvalue weighted by atomic mass is 79.9. The van der Waals surface area contributed by atoms with Crippen molar-refractivity contribution in [1.82, 2.24) is 0 Å². The van der Waals surface area contributed by atoms with Crippen LogP contribution in [0.4, 0.5) is 5.69 Å². The highest BCUT2D eigenvalue weighted by Gasteiger charge is 2.21. The normalized spacial score (nSPS) is 13.0. The van der Waals surface area contributed by atoms with E-state index in [2.05, 4.69) is 21.2 Å². The Morgan fingerprint density at radius 3 is 2.38 bits per heavy atom. The molecule has 0 saturated heterocycles. The topological polar surface area (TPSA) is 72.5 Å². The fourth-order valence-corrected chi connectivity index (χ4v) is 2.94. The van der Waals surface area contributed by atoms with Crippen LogP contribution in [0.1, 0.15) is 17.3 Å². The number of esters is 1. The molecule has 0 spiro atoms. The zero-order valence-corrected chi connectivity index (χ0v) is 15.5. The van der Waals surface area contributed by atoms with Crippen LogP contribution in [0.15, 0.2) is 57.9 Å². The molecule has 0 aliphatic rings. The minimum atomic E-state index is -1.33. The molecule has 5 nitrogen and oxygen atoms in total. The maximum absolute atomic E-state index is 12.2. The van der Waals surface area contributed by atoms with Crippen molar-refractivity contribution in [2.24, 2.45) is 0 Å². The number of benzene rings is 2. The van der Waals surface area contributed by atoms with Crippen LogP contribution < -0.4 is 5.32 Å². The van der Waals surface area contributed by atoms with Gasteiger partial charge in [-0.1, -0.05) is 28.1 Å². The summed E-state index contributed by atoms with van der Waals surface area (Å²) < 4.78 is 17.8. The highest BCUT2D eigenvalue weighted by Crippen LogP contribution is 2.16. The Morgan fingerprint density at radius 1 is 1.12 bits per heavy atom. The van der Waals surface area contributed by atoms with Gasteiger partial charge in [0.15, 0.2) is 6.10 Å². The lowest BCUT2D eigenvalue weighted by atomic mass is 10.2. The Kier molecular flexibility index (Phi) is 6.28. The molecule has 2 atom stereocenters. The fourth-order valence-electron chi connectivity index (χ4n) is 1.94. The van der Waals surface area contributed by atoms with Crippen molar-refractivity contribution in [1.29, 1.82) is 0 Å². The SMILES string of the molecule is C[C@@H](OC(=O)c1ccccc1[S@@](C)=O)C(=O)Nc1ccc(Br)cc1. The van der Waals surface area contributed by atoms with E-state index in [1.165, 1.54) is 19.2 Å². The molecular weight excluding hydrogens is 394 g/mol. The minimum absolute atomic E-state index is 0.196. The average molecular weight is 410 g/mol. The first-order valence-electron chi connectivity index (χ1n) is 7.08. The third-order valence-corrected chi connectivity index (χ3v) is 4.69. The molecule has 0 heterocycles. The van der Waals surface area contributed by atoms with E-state index in [0.717, 1.165) is 4.47 Å². The van der Waals surface area contributed by atoms with Gasteiger partial charge in [0.2, 0.25) is 0 Å². The summed E-state index contributed by atoms with van der Waals surface area (Å²) in [5, 5.41) is 2.67. The second-order valence-electron chi connectivity index (χ2n) is 4.99. The van der Waals surface area contributed by atoms with E-state index in [9.17, 15) is 13.8 Å². The number of amides is 1. The molecule has 0 bridgehead atoms. The first-order chi connectivity index (χ1) is 11.4. The van der Waals surface area contributed by atoms with Crippen LogP contribution in [0.3, 0.4) is 0 Å². The first kappa shape index (κ1) is 18.4. The highest BCUT2D eigenvalue weighted by molar-refractivity contribution is 9.10. The summed E-state index contributed by atoms with van der Waals surface area (Å²) in [7, 11) is -1.33. The predicted octanol–water partition coefficient (Wildman–Crippen LogP) is 3.37. The van der Waals surface area contributed by atoms with Gasteiger partial charge in [-0.25, -0.2) is 4.79 Å². The number of ether oxygens (including phenoxy) is 1. The Bertz CT molecular complexity index is 776. The molecule has 2 rings (SSSR count). The molecular formula is C17H16BrNO4S. The molecule has 7 heteroatoms. The van der Waals surface area contributed by atoms with Gasteiger partial charge in [0, 0.05) is 16.4 Å². The van der Waals surface area contributed by atoms with Crippen LogP contribution in [-0.4, -0.2) is 28.4 Å². The molecule has 24 heavy (non-hydrogen) atoms. The lowest BCUT2D eigenvalue weighted by Gasteiger charge is -2.14. The molecule has 2 aromatic rings. The molecule has 0 unspecified atom stereocenters. The lowest BCUT2D eigenvalue weighted by molar-refractivity contribution is -0.123. The van der Waals surface area contributed by atoms with E-state index in [-0.39, 0.29) is 5.56 Å². The molecule has 0 aliphatic carbocycles. The molecule has 0 aromatic heterocycles. The molecule has 1 N–H and O–H groups in total. The molecule has 0 aliphatic heterocycles. The monoisotopic (exact) mass is 409 g/mol. The fraction of sp³-hybridized carbons (Fsp3) is 0.176. The van der Waals surface area contributed by atoms with Gasteiger partial charge in [0.25, 0.3) is 5.91 Å². The van der Waals surface area contributed by atoms with Crippen LogP contribution in [0, 0.1) is 0 Å². The zero-order valence-electron chi connectivity index (χ0n) is 13.1. The Balaban J connectivity index is 2.04. The number of nitrogens with one attached hydrogen (secondary N) is 1. The van der Waals surface area contributed by atoms with E-state index < -0.39 is 28.8 Å². The number of carbonyl (C=O) groups is 2. The van der Waals surface area contributed by atoms with Gasteiger partial charge in [-0.3, -0.25) is 9.00 Å². The van der Waals surface area contributed by atoms with Crippen LogP contribution in [0.2, 0.25) is 0 Å². The summed E-state index contributed by atoms with van der Waals surface area (Å²) in [5.41, 5.74) is 0.794. The average Bonchev–Trinajstić information content (AvgIpc) is 2.56. The minimum Gasteiger partial charge on any atom is -0.449 e. The van der Waals surface area contributed by atoms with Crippen molar-refractivity contribution in [2.75, 3.05) is 11.6 Å². The Hall–Kier alpha value is -1.99. The van der Waals surface area contributed by atoms with Gasteiger partial charge in [-0.15, -0.1) is 0 Å². The number of rotatable bonds is 5. The summed E-state index contributed by atoms with van der Waals surface area (Å²) in [4.78, 5) is 24.7. The van der Waals surface area contributed by atoms with E-state index >= 15 is 0 Å². The maximum Gasteiger partial charge on any atom is 0.340 e. The van der Waals surface area contributed by atoms with Gasteiger partial charge in [-0.2, -0.15) is 0 Å². The maximum atomic E-state index is 12.2. The van der Waals surface area contributed by atoms with Crippen LogP contribution in [-0.2, 0) is 20.3 Å². The van der Waals surface area contributed by atoms with Gasteiger partial charge in [-0.05, 0) is 43.3 Å². The molecule has 0 saturated carbocycles. The van der Waals surface area contributed by atoms with E-state index in [1.807, 2.05) is 0 Å². The van der Waals surface area contributed by atoms with Crippen LogP contribution in [0.5, 0.6) is 0 Å². The number of hydrogen-bond donors (Lipinski definition) is 1. The number of halogens is 1. The molecule has 0 radical (unpaired) electrons. The second-order valence-corrected chi connectivity index (χ2v) is 7.26. The second kappa shape index (κ2) is 8.21. The molecule has 126 valence electrons. The van der Waals surface area contributed by atoms with Crippen molar-refractivity contribution in [2.45, 2.75) is 17.9 Å². The quantitative estimate of drug-likeness (QED) is 0.768. The third-order valence-electron chi connectivity index (χ3n) is 3.18. The summed E-state index contributed by atoms with van der Waals surface area (Å²) in [6.45, 7) is 1.48. The van der Waals surface area contributed by atoms with Crippen molar-refractivity contribution in [3.63, 3.8) is 0 Å². The van der Waals surface area contributed by atoms with Crippen molar-refractivity contribution < 1.29 is 18.5 Å². The number of anilines is 1. The van der Waals surface area contributed by atoms with E-state index in [4.69, 9.17) is 4.74 Å². The lowest BCUT2D eigenvalue weighted by Crippen LogP contribution is -2.30. The van der Waals surface area contributed by atoms with Gasteiger partial charge in [0.1, 0.15) is 0 Å². The standard InChI is InChI=1S/C17H16BrNO4S/c1-11(16(20)19-13-9-7-12(18)8-10-13)23-17(21)14-5-3-4-6-15(14)24(2)22/h3-11H,1-2H3,(H,19,20)/t11-,24-/m1/s1. The van der Waals surface area contributed by atoms with Crippen LogP contribution in [0.25, 0.3) is 0 Å². The number of hydrogen-bond acceptors (Lipinski definition) is 4. The summed E-state index contributed by atoms with van der Waals surface area (Å²) in [5.74, 6) is -1.12. The van der Waals surface area contributed by atoms with Crippen molar-refractivity contribution in [3.8, 4) is 0 Å². The van der Waals surface area contributed by atoms with Gasteiger partial charge in [0.05, 0.1) is 21.3 Å². The van der Waals surface area contributed by atoms with Crippen molar-refractivity contribution in [3.05, 3.63) is 58.6 Å². The molecule has 1 amide bonds.